The summed E-state index contributed by atoms with van der Waals surface area (Å²) in [5.74, 6) is -4.13. The molecule has 12 heteroatoms. The van der Waals surface area contributed by atoms with Crippen molar-refractivity contribution < 1.29 is 60.5 Å². The molecule has 0 radical (unpaired) electrons. The van der Waals surface area contributed by atoms with Gasteiger partial charge in [-0.05, 0) is 117 Å². The Labute approximate surface area is 388 Å². The summed E-state index contributed by atoms with van der Waals surface area (Å²) in [6, 6.07) is 38.6. The zero-order chi connectivity index (χ0) is 46.9. The van der Waals surface area contributed by atoms with E-state index in [2.05, 4.69) is 0 Å². The van der Waals surface area contributed by atoms with E-state index >= 15 is 0 Å². The maximum Gasteiger partial charge on any atom is 0.135 e. The molecule has 0 bridgehead atoms. The summed E-state index contributed by atoms with van der Waals surface area (Å²) in [6.45, 7) is 0. The van der Waals surface area contributed by atoms with Gasteiger partial charge in [-0.15, -0.1) is 0 Å². The molecule has 8 atom stereocenters. The van der Waals surface area contributed by atoms with Gasteiger partial charge in [-0.1, -0.05) is 48.5 Å². The van der Waals surface area contributed by atoms with Gasteiger partial charge in [-0.3, -0.25) is 0 Å². The highest BCUT2D eigenvalue weighted by atomic mass is 16.5. The first-order valence-electron chi connectivity index (χ1n) is 22.2. The van der Waals surface area contributed by atoms with Crippen molar-refractivity contribution in [2.45, 2.75) is 47.7 Å². The summed E-state index contributed by atoms with van der Waals surface area (Å²) in [7, 11) is 0. The zero-order valence-corrected chi connectivity index (χ0v) is 35.8. The van der Waals surface area contributed by atoms with Gasteiger partial charge in [0.05, 0.1) is 11.8 Å². The van der Waals surface area contributed by atoms with Crippen molar-refractivity contribution in [1.29, 1.82) is 0 Å². The Morgan fingerprint density at radius 3 is 0.853 bits per heavy atom. The fraction of sp³-hybridized carbons (Fsp3) is 0.143. The molecule has 0 spiro atoms. The van der Waals surface area contributed by atoms with Crippen LogP contribution in [0.3, 0.4) is 0 Å². The van der Waals surface area contributed by atoms with E-state index in [-0.39, 0.29) is 57.5 Å². The number of phenolic OH excluding ortho intramolecular Hbond substituents is 10. The predicted molar refractivity (Wildman–Crippen MR) is 248 cm³/mol. The Morgan fingerprint density at radius 1 is 0.250 bits per heavy atom. The molecule has 4 unspecified atom stereocenters. The van der Waals surface area contributed by atoms with Crippen LogP contribution in [0.5, 0.6) is 69.0 Å². The highest BCUT2D eigenvalue weighted by Crippen LogP contribution is 2.74. The molecule has 4 aliphatic rings. The highest BCUT2D eigenvalue weighted by molar-refractivity contribution is 5.75. The monoisotopic (exact) mass is 906 g/mol. The molecular weight excluding hydrogens is 865 g/mol. The number of fused-ring (bicyclic) bond motifs is 9. The minimum Gasteiger partial charge on any atom is -0.508 e. The van der Waals surface area contributed by atoms with Gasteiger partial charge in [0, 0.05) is 70.2 Å². The van der Waals surface area contributed by atoms with Crippen LogP contribution >= 0.6 is 0 Å². The van der Waals surface area contributed by atoms with E-state index < -0.39 is 47.7 Å². The molecule has 2 aliphatic carbocycles. The summed E-state index contributed by atoms with van der Waals surface area (Å²) in [6.07, 6.45) is -1.58. The molecule has 10 N–H and O–H groups in total. The molecule has 0 fully saturated rings. The first kappa shape index (κ1) is 40.8. The van der Waals surface area contributed by atoms with Gasteiger partial charge in [-0.25, -0.2) is 0 Å². The van der Waals surface area contributed by atoms with Crippen LogP contribution in [-0.4, -0.2) is 51.1 Å². The second kappa shape index (κ2) is 14.9. The highest BCUT2D eigenvalue weighted by Gasteiger charge is 2.59. The molecule has 8 aromatic rings. The number of hydrogen-bond donors (Lipinski definition) is 10. The SMILES string of the molecule is Oc1ccc(C2Oc3cc(O)c4c(c3C2c2cc(O)cc(O)c2)[C@@H]2[C@@H](c3ccc(O)cc3)c3c(O)cc5c(c3[C@@H]2[C@H]4c2ccc(O)cc2)C(c2cc(O)cc(O)c2)C(c2ccc(O)cc2)O5)cc1. The van der Waals surface area contributed by atoms with Crippen molar-refractivity contribution in [3.8, 4) is 69.0 Å². The van der Waals surface area contributed by atoms with Gasteiger partial charge in [0.15, 0.2) is 0 Å². The van der Waals surface area contributed by atoms with Crippen molar-refractivity contribution in [3.63, 3.8) is 0 Å². The molecule has 0 amide bonds. The topological polar surface area (TPSA) is 221 Å². The summed E-state index contributed by atoms with van der Waals surface area (Å²) < 4.78 is 13.8. The van der Waals surface area contributed by atoms with E-state index in [4.69, 9.17) is 9.47 Å². The third kappa shape index (κ3) is 6.20. The second-order valence-corrected chi connectivity index (χ2v) is 18.2. The molecule has 0 saturated heterocycles. The Balaban J connectivity index is 1.19. The summed E-state index contributed by atoms with van der Waals surface area (Å²) in [5.41, 5.74) is 7.62. The Hall–Kier alpha value is -8.64. The van der Waals surface area contributed by atoms with Crippen molar-refractivity contribution in [1.82, 2.24) is 0 Å². The van der Waals surface area contributed by atoms with Crippen LogP contribution < -0.4 is 9.47 Å². The van der Waals surface area contributed by atoms with E-state index in [0.29, 0.717) is 67.1 Å². The number of benzene rings is 8. The lowest BCUT2D eigenvalue weighted by atomic mass is 9.74. The molecule has 8 aromatic carbocycles. The van der Waals surface area contributed by atoms with Gasteiger partial charge < -0.3 is 60.5 Å². The van der Waals surface area contributed by atoms with Crippen molar-refractivity contribution in [2.75, 3.05) is 0 Å². The first-order valence-corrected chi connectivity index (χ1v) is 22.2. The molecule has 0 saturated carbocycles. The average molecular weight is 907 g/mol. The Morgan fingerprint density at radius 2 is 0.544 bits per heavy atom. The quantitative estimate of drug-likeness (QED) is 0.0753. The summed E-state index contributed by atoms with van der Waals surface area (Å²) >= 11 is 0. The van der Waals surface area contributed by atoms with Gasteiger partial charge >= 0.3 is 0 Å². The van der Waals surface area contributed by atoms with Gasteiger partial charge in [-0.2, -0.15) is 0 Å². The van der Waals surface area contributed by atoms with Crippen LogP contribution in [0.2, 0.25) is 0 Å². The smallest absolute Gasteiger partial charge is 0.135 e. The lowest BCUT2D eigenvalue weighted by Crippen LogP contribution is -2.15. The van der Waals surface area contributed by atoms with Crippen LogP contribution in [-0.2, 0) is 0 Å². The average Bonchev–Trinajstić information content (AvgIpc) is 4.05. The van der Waals surface area contributed by atoms with Crippen molar-refractivity contribution in [3.05, 3.63) is 212 Å². The molecule has 68 heavy (non-hydrogen) atoms. The molecule has 338 valence electrons. The van der Waals surface area contributed by atoms with E-state index in [0.717, 1.165) is 11.1 Å². The third-order valence-corrected chi connectivity index (χ3v) is 14.4. The van der Waals surface area contributed by atoms with Crippen LogP contribution in [0, 0.1) is 0 Å². The van der Waals surface area contributed by atoms with E-state index in [1.807, 2.05) is 0 Å². The maximum atomic E-state index is 12.6. The lowest BCUT2D eigenvalue weighted by molar-refractivity contribution is 0.221. The van der Waals surface area contributed by atoms with Gasteiger partial charge in [0.25, 0.3) is 0 Å². The van der Waals surface area contributed by atoms with Crippen molar-refractivity contribution >= 4 is 0 Å². The fourth-order valence-electron chi connectivity index (χ4n) is 12.0. The van der Waals surface area contributed by atoms with Crippen LogP contribution in [0.4, 0.5) is 0 Å². The molecule has 0 aromatic heterocycles. The molecule has 12 nitrogen and oxygen atoms in total. The Kier molecular flexibility index (Phi) is 8.97. The summed E-state index contributed by atoms with van der Waals surface area (Å²) in [4.78, 5) is 0. The Bertz CT molecular complexity index is 3070. The zero-order valence-electron chi connectivity index (χ0n) is 35.8. The fourth-order valence-corrected chi connectivity index (χ4v) is 12.0. The number of aromatic hydroxyl groups is 10. The normalized spacial score (nSPS) is 22.6. The van der Waals surface area contributed by atoms with Gasteiger partial charge in [0.1, 0.15) is 81.2 Å². The number of ether oxygens (including phenoxy) is 2. The van der Waals surface area contributed by atoms with Gasteiger partial charge in [0.2, 0.25) is 0 Å². The largest absolute Gasteiger partial charge is 0.508 e. The molecule has 2 heterocycles. The first-order chi connectivity index (χ1) is 32.8. The maximum absolute atomic E-state index is 12.6. The molecule has 12 rings (SSSR count). The predicted octanol–water partition coefficient (Wildman–Crippen LogP) is 10.4. The number of rotatable bonds is 6. The standard InChI is InChI=1S/C56H42O12/c57-31-9-1-25(2-10-31)43-47-39(65)23-41-49(45(29-17-35(61)21-36(62)18-29)55(67-41)27-5-13-33(59)14-6-27)53(47)52-44(26-3-11-32(58)12-4-26)48-40(66)24-42-50(54(48)51(43)52)46(30-19-37(63)22-38(64)20-30)56(68-42)28-7-15-34(60)16-8-28/h1-24,43-46,51-52,55-66H/t43-,44-,45?,46?,51+,52+,55?,56?/m0/s1. The van der Waals surface area contributed by atoms with Crippen LogP contribution in [0.15, 0.2) is 146 Å². The second-order valence-electron chi connectivity index (χ2n) is 18.2. The molecular formula is C56H42O12. The number of hydrogen-bond acceptors (Lipinski definition) is 12. The van der Waals surface area contributed by atoms with Crippen LogP contribution in [0.25, 0.3) is 0 Å². The van der Waals surface area contributed by atoms with E-state index in [1.54, 1.807) is 133 Å². The minimum atomic E-state index is -0.792. The van der Waals surface area contributed by atoms with Crippen molar-refractivity contribution in [2.24, 2.45) is 0 Å². The van der Waals surface area contributed by atoms with Crippen LogP contribution in [0.1, 0.15) is 114 Å². The molecule has 2 aliphatic heterocycles. The third-order valence-electron chi connectivity index (χ3n) is 14.4. The van der Waals surface area contributed by atoms with E-state index in [9.17, 15) is 51.1 Å². The minimum absolute atomic E-state index is 0.0248. The number of phenols is 10. The summed E-state index contributed by atoms with van der Waals surface area (Å²) in [5, 5.41) is 111. The van der Waals surface area contributed by atoms with E-state index in [1.165, 1.54) is 12.1 Å². The lowest BCUT2D eigenvalue weighted by Gasteiger charge is -2.27.